The minimum absolute atomic E-state index is 0.0579. The number of amides is 5. The molecule has 0 saturated carbocycles. The summed E-state index contributed by atoms with van der Waals surface area (Å²) in [7, 11) is 0. The largest absolute Gasteiger partial charge is 0.491 e. The third-order valence-electron chi connectivity index (χ3n) is 7.18. The van der Waals surface area contributed by atoms with Crippen LogP contribution in [0.15, 0.2) is 24.3 Å². The average Bonchev–Trinajstić information content (AvgIpc) is 2.97. The second kappa shape index (κ2) is 16.1. The van der Waals surface area contributed by atoms with E-state index in [9.17, 15) is 24.0 Å². The quantitative estimate of drug-likeness (QED) is 0.347. The van der Waals surface area contributed by atoms with Gasteiger partial charge in [-0.15, -0.1) is 0 Å². The first-order chi connectivity index (χ1) is 20.1. The van der Waals surface area contributed by atoms with E-state index in [1.807, 2.05) is 13.8 Å². The van der Waals surface area contributed by atoms with Crippen LogP contribution in [0.4, 0.5) is 0 Å². The van der Waals surface area contributed by atoms with Crippen molar-refractivity contribution in [3.05, 3.63) is 29.8 Å². The second-order valence-corrected chi connectivity index (χ2v) is 10.9. The summed E-state index contributed by atoms with van der Waals surface area (Å²) < 4.78 is 11.2. The molecule has 4 N–H and O–H groups in total. The number of rotatable bonds is 6. The van der Waals surface area contributed by atoms with Crippen LogP contribution in [0.1, 0.15) is 44.5 Å². The van der Waals surface area contributed by atoms with E-state index in [-0.39, 0.29) is 49.3 Å². The molecule has 0 radical (unpaired) electrons. The highest BCUT2D eigenvalue weighted by Gasteiger charge is 2.30. The van der Waals surface area contributed by atoms with Crippen LogP contribution in [-0.4, -0.2) is 117 Å². The zero-order valence-corrected chi connectivity index (χ0v) is 24.9. The number of fused-ring (bicyclic) bond motifs is 1. The first-order valence-electron chi connectivity index (χ1n) is 14.6. The van der Waals surface area contributed by atoms with E-state index in [0.717, 1.165) is 13.1 Å². The van der Waals surface area contributed by atoms with E-state index < -0.39 is 41.8 Å². The number of carbonyl (C=O) groups is 5. The van der Waals surface area contributed by atoms with Crippen molar-refractivity contribution in [3.63, 3.8) is 0 Å². The van der Waals surface area contributed by atoms with Crippen LogP contribution in [0, 0.1) is 5.92 Å². The van der Waals surface area contributed by atoms with Gasteiger partial charge in [0.1, 0.15) is 24.4 Å². The molecule has 0 spiro atoms. The summed E-state index contributed by atoms with van der Waals surface area (Å²) in [5, 5.41) is 11.1. The first-order valence-corrected chi connectivity index (χ1v) is 14.6. The zero-order valence-electron chi connectivity index (χ0n) is 24.9. The highest BCUT2D eigenvalue weighted by Crippen LogP contribution is 2.19. The predicted octanol–water partition coefficient (Wildman–Crippen LogP) is -0.490. The Labute approximate surface area is 247 Å². The fraction of sp³-hybridized carbons (Fsp3) is 0.621. The van der Waals surface area contributed by atoms with Crippen molar-refractivity contribution in [1.82, 2.24) is 31.1 Å². The Bertz CT molecular complexity index is 1110. The first kappa shape index (κ1) is 32.8. The summed E-state index contributed by atoms with van der Waals surface area (Å²) in [5.41, 5.74) is 0.183. The molecule has 0 bridgehead atoms. The molecule has 232 valence electrons. The highest BCUT2D eigenvalue weighted by atomic mass is 16.5. The van der Waals surface area contributed by atoms with E-state index in [0.29, 0.717) is 26.3 Å². The summed E-state index contributed by atoms with van der Waals surface area (Å²) in [6, 6.07) is 4.10. The van der Waals surface area contributed by atoms with E-state index in [1.165, 1.54) is 4.90 Å². The maximum atomic E-state index is 13.4. The normalized spacial score (nSPS) is 23.6. The molecule has 42 heavy (non-hydrogen) atoms. The third kappa shape index (κ3) is 9.69. The number of ether oxygens (including phenoxy) is 2. The van der Waals surface area contributed by atoms with Crippen molar-refractivity contribution >= 4 is 29.5 Å². The zero-order chi connectivity index (χ0) is 30.6. The lowest BCUT2D eigenvalue weighted by Crippen LogP contribution is -2.55. The van der Waals surface area contributed by atoms with E-state index in [4.69, 9.17) is 9.47 Å². The predicted molar refractivity (Wildman–Crippen MR) is 155 cm³/mol. The molecule has 1 fully saturated rings. The van der Waals surface area contributed by atoms with Crippen LogP contribution in [0.25, 0.3) is 0 Å². The van der Waals surface area contributed by atoms with Crippen LogP contribution in [0.2, 0.25) is 0 Å². The molecule has 1 saturated heterocycles. The van der Waals surface area contributed by atoms with Crippen molar-refractivity contribution in [3.8, 4) is 5.75 Å². The van der Waals surface area contributed by atoms with Gasteiger partial charge in [0.05, 0.1) is 37.8 Å². The molecule has 1 aromatic rings. The summed E-state index contributed by atoms with van der Waals surface area (Å²) in [5.74, 6) is -2.43. The SMILES string of the molecule is CCN1CC(=O)N[C@H](C(C)C)C(=O)N[C@@H](C)COc2ccccc2C(=O)N[C@H](C(=O)NCCN2CCOCC2)CC1=O. The van der Waals surface area contributed by atoms with Gasteiger partial charge in [0, 0.05) is 32.7 Å². The van der Waals surface area contributed by atoms with Crippen molar-refractivity contribution in [1.29, 1.82) is 0 Å². The fourth-order valence-electron chi connectivity index (χ4n) is 4.71. The van der Waals surface area contributed by atoms with Gasteiger partial charge in [-0.1, -0.05) is 26.0 Å². The number of para-hydroxylation sites is 1. The third-order valence-corrected chi connectivity index (χ3v) is 7.18. The summed E-state index contributed by atoms with van der Waals surface area (Å²) >= 11 is 0. The topological polar surface area (TPSA) is 158 Å². The van der Waals surface area contributed by atoms with E-state index in [2.05, 4.69) is 26.2 Å². The van der Waals surface area contributed by atoms with Gasteiger partial charge in [0.25, 0.3) is 5.91 Å². The number of morpholine rings is 1. The van der Waals surface area contributed by atoms with Crippen molar-refractivity contribution in [2.75, 3.05) is 59.1 Å². The molecule has 2 aliphatic heterocycles. The molecule has 5 amide bonds. The summed E-state index contributed by atoms with van der Waals surface area (Å²) in [4.78, 5) is 69.4. The van der Waals surface area contributed by atoms with Crippen LogP contribution in [-0.2, 0) is 23.9 Å². The van der Waals surface area contributed by atoms with Gasteiger partial charge in [0.15, 0.2) is 0 Å². The molecule has 0 unspecified atom stereocenters. The molecule has 3 atom stereocenters. The minimum atomic E-state index is -1.19. The Balaban J connectivity index is 1.85. The van der Waals surface area contributed by atoms with Crippen LogP contribution < -0.4 is 26.0 Å². The lowest BCUT2D eigenvalue weighted by molar-refractivity contribution is -0.138. The number of hydrogen-bond acceptors (Lipinski definition) is 8. The number of benzene rings is 1. The van der Waals surface area contributed by atoms with Gasteiger partial charge in [-0.05, 0) is 31.9 Å². The Kier molecular flexibility index (Phi) is 12.5. The second-order valence-electron chi connectivity index (χ2n) is 10.9. The van der Waals surface area contributed by atoms with Crippen molar-refractivity contribution in [2.45, 2.75) is 52.2 Å². The van der Waals surface area contributed by atoms with Gasteiger partial charge >= 0.3 is 0 Å². The van der Waals surface area contributed by atoms with Gasteiger partial charge in [-0.25, -0.2) is 0 Å². The minimum Gasteiger partial charge on any atom is -0.491 e. The van der Waals surface area contributed by atoms with Crippen molar-refractivity contribution in [2.24, 2.45) is 5.92 Å². The number of nitrogens with one attached hydrogen (secondary N) is 4. The molecule has 13 heteroatoms. The lowest BCUT2D eigenvalue weighted by atomic mass is 10.0. The van der Waals surface area contributed by atoms with Gasteiger partial charge in [-0.3, -0.25) is 28.9 Å². The van der Waals surface area contributed by atoms with Crippen molar-refractivity contribution < 1.29 is 33.4 Å². The van der Waals surface area contributed by atoms with Gasteiger partial charge < -0.3 is 35.6 Å². The van der Waals surface area contributed by atoms with Crippen LogP contribution in [0.3, 0.4) is 0 Å². The van der Waals surface area contributed by atoms with Crippen LogP contribution in [0.5, 0.6) is 5.75 Å². The molecule has 1 aromatic carbocycles. The summed E-state index contributed by atoms with van der Waals surface area (Å²) in [6.07, 6.45) is -0.357. The number of likely N-dealkylation sites (N-methyl/N-ethyl adjacent to an activating group) is 1. The molecule has 2 aliphatic rings. The van der Waals surface area contributed by atoms with E-state index >= 15 is 0 Å². The molecule has 0 aromatic heterocycles. The van der Waals surface area contributed by atoms with Crippen LogP contribution >= 0.6 is 0 Å². The molecule has 3 rings (SSSR count). The Morgan fingerprint density at radius 3 is 2.48 bits per heavy atom. The van der Waals surface area contributed by atoms with Gasteiger partial charge in [0.2, 0.25) is 23.6 Å². The maximum Gasteiger partial charge on any atom is 0.255 e. The number of nitrogens with zero attached hydrogens (tertiary/aromatic N) is 2. The van der Waals surface area contributed by atoms with E-state index in [1.54, 1.807) is 38.1 Å². The smallest absolute Gasteiger partial charge is 0.255 e. The Morgan fingerprint density at radius 1 is 1.07 bits per heavy atom. The standard InChI is InChI=1S/C29H44N6O7/c1-5-35-17-24(36)33-26(19(2)3)29(40)31-20(4)18-42-23-9-7-6-8-21(23)27(38)32-22(16-25(35)37)28(39)30-10-11-34-12-14-41-15-13-34/h6-9,19-20,22,26H,5,10-18H2,1-4H3,(H,30,39)(H,31,40)(H,32,38)(H,33,36)/t20-,22-,26+/m0/s1. The number of carbonyl (C=O) groups excluding carboxylic acids is 5. The van der Waals surface area contributed by atoms with Gasteiger partial charge in [-0.2, -0.15) is 0 Å². The Morgan fingerprint density at radius 2 is 1.79 bits per heavy atom. The molecule has 13 nitrogen and oxygen atoms in total. The summed E-state index contributed by atoms with van der Waals surface area (Å²) in [6.45, 7) is 10.7. The molecular weight excluding hydrogens is 544 g/mol. The Hall–Kier alpha value is -3.71. The average molecular weight is 589 g/mol. The lowest BCUT2D eigenvalue weighted by Gasteiger charge is -2.27. The number of hydrogen-bond donors (Lipinski definition) is 4. The highest BCUT2D eigenvalue weighted by molar-refractivity contribution is 6.01. The molecular formula is C29H44N6O7. The maximum absolute atomic E-state index is 13.4. The fourth-order valence-corrected chi connectivity index (χ4v) is 4.71. The monoisotopic (exact) mass is 588 g/mol. The molecule has 2 heterocycles. The molecule has 0 aliphatic carbocycles.